The van der Waals surface area contributed by atoms with Crippen LogP contribution in [0.2, 0.25) is 0 Å². The number of hydrogen-bond donors (Lipinski definition) is 1. The Labute approximate surface area is 120 Å². The van der Waals surface area contributed by atoms with Crippen LogP contribution in [0.3, 0.4) is 0 Å². The second-order valence-corrected chi connectivity index (χ2v) is 5.46. The Morgan fingerprint density at radius 1 is 1.25 bits per heavy atom. The topological polar surface area (TPSA) is 54.9 Å². The van der Waals surface area contributed by atoms with Crippen molar-refractivity contribution in [3.05, 3.63) is 53.3 Å². The molecule has 1 N–H and O–H groups in total. The number of halogens is 1. The van der Waals surface area contributed by atoms with Gasteiger partial charge in [0.1, 0.15) is 0 Å². The van der Waals surface area contributed by atoms with Crippen LogP contribution in [0.15, 0.2) is 36.4 Å². The molecule has 0 radical (unpaired) electrons. The number of anilines is 1. The molecule has 20 heavy (non-hydrogen) atoms. The zero-order chi connectivity index (χ0) is 14.1. The van der Waals surface area contributed by atoms with Gasteiger partial charge in [-0.2, -0.15) is 0 Å². The summed E-state index contributed by atoms with van der Waals surface area (Å²) in [6, 6.07) is 9.76. The maximum absolute atomic E-state index is 13.2. The molecule has 0 atom stereocenters. The fraction of sp³-hybridized carbons (Fsp3) is 0.0714. The summed E-state index contributed by atoms with van der Waals surface area (Å²) in [6.45, 7) is 1.63. The maximum atomic E-state index is 13.2. The van der Waals surface area contributed by atoms with E-state index in [1.165, 1.54) is 18.2 Å². The Kier molecular flexibility index (Phi) is 3.34. The average Bonchev–Trinajstić information content (AvgIpc) is 2.91. The third-order valence-electron chi connectivity index (χ3n) is 2.95. The molecule has 0 saturated heterocycles. The summed E-state index contributed by atoms with van der Waals surface area (Å²) >= 11 is -0.143. The van der Waals surface area contributed by atoms with Crippen LogP contribution in [0.1, 0.15) is 15.9 Å². The SMILES string of the molecule is Cc1cc(C(=O)Nc2cccc3n[se]nc23)ccc1F. The van der Waals surface area contributed by atoms with Crippen molar-refractivity contribution in [1.29, 1.82) is 0 Å². The summed E-state index contributed by atoms with van der Waals surface area (Å²) in [5.74, 6) is -0.602. The van der Waals surface area contributed by atoms with Crippen LogP contribution in [-0.4, -0.2) is 28.8 Å². The summed E-state index contributed by atoms with van der Waals surface area (Å²) in [4.78, 5) is 12.2. The number of hydrogen-bond acceptors (Lipinski definition) is 3. The van der Waals surface area contributed by atoms with Crippen molar-refractivity contribution in [1.82, 2.24) is 7.96 Å². The summed E-state index contributed by atoms with van der Waals surface area (Å²) in [5.41, 5.74) is 3.02. The second-order valence-electron chi connectivity index (χ2n) is 4.36. The van der Waals surface area contributed by atoms with E-state index in [4.69, 9.17) is 0 Å². The molecule has 0 aliphatic carbocycles. The Balaban J connectivity index is 1.92. The minimum atomic E-state index is -0.321. The number of aryl methyl sites for hydroxylation is 1. The number of nitrogens with zero attached hydrogens (tertiary/aromatic N) is 2. The van der Waals surface area contributed by atoms with Gasteiger partial charge in [-0.25, -0.2) is 0 Å². The zero-order valence-electron chi connectivity index (χ0n) is 10.6. The van der Waals surface area contributed by atoms with Gasteiger partial charge in [0, 0.05) is 0 Å². The van der Waals surface area contributed by atoms with Gasteiger partial charge in [-0.3, -0.25) is 0 Å². The van der Waals surface area contributed by atoms with Crippen LogP contribution in [0, 0.1) is 12.7 Å². The van der Waals surface area contributed by atoms with Crippen LogP contribution < -0.4 is 5.32 Å². The molecule has 0 spiro atoms. The minimum absolute atomic E-state index is 0.143. The van der Waals surface area contributed by atoms with Crippen LogP contribution >= 0.6 is 0 Å². The molecule has 0 fully saturated rings. The van der Waals surface area contributed by atoms with Gasteiger partial charge >= 0.3 is 120 Å². The molecular weight excluding hydrogens is 324 g/mol. The fourth-order valence-corrected chi connectivity index (χ4v) is 3.04. The van der Waals surface area contributed by atoms with Gasteiger partial charge in [0.2, 0.25) is 0 Å². The third kappa shape index (κ3) is 2.35. The Hall–Kier alpha value is -2.04. The quantitative estimate of drug-likeness (QED) is 0.732. The Bertz CT molecular complexity index is 800. The van der Waals surface area contributed by atoms with Gasteiger partial charge in [0.05, 0.1) is 0 Å². The van der Waals surface area contributed by atoms with E-state index in [2.05, 4.69) is 13.3 Å². The standard InChI is InChI=1S/C14H10FN3OSe/c1-8-7-9(5-6-10(8)15)14(19)16-11-3-2-4-12-13(11)18-20-17-12/h2-7H,1H3,(H,16,19). The van der Waals surface area contributed by atoms with Crippen molar-refractivity contribution in [2.45, 2.75) is 6.92 Å². The number of fused-ring (bicyclic) bond motifs is 1. The molecule has 3 rings (SSSR count). The first-order chi connectivity index (χ1) is 9.65. The molecule has 2 aromatic carbocycles. The molecule has 0 saturated carbocycles. The molecule has 6 heteroatoms. The van der Waals surface area contributed by atoms with Crippen molar-refractivity contribution in [2.24, 2.45) is 0 Å². The van der Waals surface area contributed by atoms with Gasteiger partial charge in [0.15, 0.2) is 0 Å². The fourth-order valence-electron chi connectivity index (χ4n) is 1.89. The van der Waals surface area contributed by atoms with Crippen molar-refractivity contribution >= 4 is 37.6 Å². The molecule has 100 valence electrons. The predicted octanol–water partition coefficient (Wildman–Crippen LogP) is 2.39. The predicted molar refractivity (Wildman–Crippen MR) is 75.6 cm³/mol. The Morgan fingerprint density at radius 2 is 2.10 bits per heavy atom. The molecule has 1 aromatic heterocycles. The Morgan fingerprint density at radius 3 is 2.90 bits per heavy atom. The normalized spacial score (nSPS) is 10.7. The number of amides is 1. The molecule has 0 aliphatic heterocycles. The first-order valence-electron chi connectivity index (χ1n) is 5.94. The molecular formula is C14H10FN3OSe. The molecule has 0 bridgehead atoms. The van der Waals surface area contributed by atoms with Gasteiger partial charge < -0.3 is 0 Å². The number of rotatable bonds is 2. The van der Waals surface area contributed by atoms with E-state index in [0.717, 1.165) is 11.0 Å². The van der Waals surface area contributed by atoms with E-state index < -0.39 is 0 Å². The number of nitrogens with one attached hydrogen (secondary N) is 1. The number of carbonyl (C=O) groups excluding carboxylic acids is 1. The van der Waals surface area contributed by atoms with E-state index in [9.17, 15) is 9.18 Å². The van der Waals surface area contributed by atoms with Crippen LogP contribution in [0.4, 0.5) is 10.1 Å². The number of benzene rings is 2. The summed E-state index contributed by atoms with van der Waals surface area (Å²) in [5, 5.41) is 2.80. The third-order valence-corrected chi connectivity index (χ3v) is 4.09. The molecule has 1 heterocycles. The number of carbonyl (C=O) groups is 1. The van der Waals surface area contributed by atoms with E-state index >= 15 is 0 Å². The van der Waals surface area contributed by atoms with E-state index in [1.54, 1.807) is 13.0 Å². The van der Waals surface area contributed by atoms with E-state index in [0.29, 0.717) is 16.8 Å². The van der Waals surface area contributed by atoms with Crippen molar-refractivity contribution in [3.63, 3.8) is 0 Å². The summed E-state index contributed by atoms with van der Waals surface area (Å²) in [6.07, 6.45) is 0. The first kappa shape index (κ1) is 13.0. The van der Waals surface area contributed by atoms with Crippen molar-refractivity contribution in [2.75, 3.05) is 5.32 Å². The van der Waals surface area contributed by atoms with Crippen LogP contribution in [0.5, 0.6) is 0 Å². The van der Waals surface area contributed by atoms with Gasteiger partial charge in [-0.1, -0.05) is 0 Å². The van der Waals surface area contributed by atoms with E-state index in [1.807, 2.05) is 12.1 Å². The summed E-state index contributed by atoms with van der Waals surface area (Å²) < 4.78 is 21.8. The number of aromatic nitrogens is 2. The second kappa shape index (κ2) is 5.15. The molecule has 0 unspecified atom stereocenters. The zero-order valence-corrected chi connectivity index (χ0v) is 12.3. The molecule has 0 aliphatic rings. The molecule has 4 nitrogen and oxygen atoms in total. The first-order valence-corrected chi connectivity index (χ1v) is 7.47. The average molecular weight is 334 g/mol. The van der Waals surface area contributed by atoms with Gasteiger partial charge in [-0.15, -0.1) is 0 Å². The van der Waals surface area contributed by atoms with Gasteiger partial charge in [-0.05, 0) is 0 Å². The van der Waals surface area contributed by atoms with Crippen LogP contribution in [-0.2, 0) is 0 Å². The summed E-state index contributed by atoms with van der Waals surface area (Å²) in [7, 11) is 0. The van der Waals surface area contributed by atoms with Crippen molar-refractivity contribution in [3.8, 4) is 0 Å². The van der Waals surface area contributed by atoms with Crippen LogP contribution in [0.25, 0.3) is 11.0 Å². The monoisotopic (exact) mass is 335 g/mol. The van der Waals surface area contributed by atoms with Gasteiger partial charge in [0.25, 0.3) is 0 Å². The van der Waals surface area contributed by atoms with Crippen molar-refractivity contribution < 1.29 is 9.18 Å². The molecule has 1 amide bonds. The molecule has 3 aromatic rings. The van der Waals surface area contributed by atoms with E-state index in [-0.39, 0.29) is 26.7 Å².